The summed E-state index contributed by atoms with van der Waals surface area (Å²) in [6.45, 7) is 3.92. The van der Waals surface area contributed by atoms with Gasteiger partial charge in [0.1, 0.15) is 0 Å². The third-order valence-corrected chi connectivity index (χ3v) is 5.60. The van der Waals surface area contributed by atoms with E-state index in [1.807, 2.05) is 0 Å². The molecule has 1 fully saturated rings. The van der Waals surface area contributed by atoms with Crippen molar-refractivity contribution in [1.29, 1.82) is 0 Å². The zero-order chi connectivity index (χ0) is 10.8. The summed E-state index contributed by atoms with van der Waals surface area (Å²) in [6, 6.07) is 2.07. The molecule has 1 aliphatic heterocycles. The van der Waals surface area contributed by atoms with Crippen molar-refractivity contribution in [3.8, 4) is 0 Å². The molecule has 3 atom stereocenters. The molecule has 15 heavy (non-hydrogen) atoms. The molecule has 1 aliphatic rings. The van der Waals surface area contributed by atoms with Gasteiger partial charge in [-0.1, -0.05) is 6.92 Å². The molecule has 2 rings (SSSR count). The third-order valence-electron chi connectivity index (χ3n) is 2.98. The van der Waals surface area contributed by atoms with Crippen LogP contribution in [-0.4, -0.2) is 13.2 Å². The molecule has 1 saturated heterocycles. The zero-order valence-corrected chi connectivity index (χ0v) is 11.7. The first-order valence-electron chi connectivity index (χ1n) is 5.15. The molecule has 0 radical (unpaired) electrons. The number of alkyl halides is 1. The highest BCUT2D eigenvalue weighted by molar-refractivity contribution is 9.10. The van der Waals surface area contributed by atoms with E-state index in [1.54, 1.807) is 11.3 Å². The van der Waals surface area contributed by atoms with Crippen LogP contribution in [0, 0.1) is 11.8 Å². The summed E-state index contributed by atoms with van der Waals surface area (Å²) in [5, 5.41) is 2.21. The molecule has 3 unspecified atom stereocenters. The average molecular weight is 310 g/mol. The fourth-order valence-electron chi connectivity index (χ4n) is 2.03. The highest BCUT2D eigenvalue weighted by Crippen LogP contribution is 2.43. The topological polar surface area (TPSA) is 9.23 Å². The van der Waals surface area contributed by atoms with Crippen LogP contribution in [0.4, 0.5) is 0 Å². The van der Waals surface area contributed by atoms with Gasteiger partial charge in [0.25, 0.3) is 0 Å². The van der Waals surface area contributed by atoms with E-state index in [2.05, 4.69) is 34.3 Å². The summed E-state index contributed by atoms with van der Waals surface area (Å²) < 4.78 is 6.59. The lowest BCUT2D eigenvalue weighted by molar-refractivity contribution is 0.0230. The van der Waals surface area contributed by atoms with Gasteiger partial charge < -0.3 is 4.74 Å². The Kier molecular flexibility index (Phi) is 4.10. The highest BCUT2D eigenvalue weighted by Gasteiger charge is 2.30. The predicted molar refractivity (Wildman–Crippen MR) is 68.7 cm³/mol. The molecular formula is C11H14BrClOS. The van der Waals surface area contributed by atoms with Crippen molar-refractivity contribution in [3.05, 3.63) is 20.8 Å². The summed E-state index contributed by atoms with van der Waals surface area (Å²) >= 11 is 11.8. The second kappa shape index (κ2) is 5.17. The Morgan fingerprint density at radius 3 is 3.07 bits per heavy atom. The molecule has 0 amide bonds. The van der Waals surface area contributed by atoms with Gasteiger partial charge in [0.2, 0.25) is 0 Å². The first-order chi connectivity index (χ1) is 7.20. The van der Waals surface area contributed by atoms with Crippen molar-refractivity contribution < 1.29 is 4.74 Å². The average Bonchev–Trinajstić information content (AvgIpc) is 2.64. The number of hydrogen-bond acceptors (Lipinski definition) is 2. The van der Waals surface area contributed by atoms with Crippen LogP contribution in [0.3, 0.4) is 0 Å². The maximum atomic E-state index is 6.55. The lowest BCUT2D eigenvalue weighted by atomic mass is 9.86. The number of hydrogen-bond donors (Lipinski definition) is 0. The van der Waals surface area contributed by atoms with Gasteiger partial charge in [-0.2, -0.15) is 0 Å². The quantitative estimate of drug-likeness (QED) is 0.733. The molecular weight excluding hydrogens is 296 g/mol. The van der Waals surface area contributed by atoms with Gasteiger partial charge in [-0.3, -0.25) is 0 Å². The van der Waals surface area contributed by atoms with Crippen molar-refractivity contribution in [1.82, 2.24) is 0 Å². The van der Waals surface area contributed by atoms with Crippen molar-refractivity contribution in [2.75, 3.05) is 13.2 Å². The van der Waals surface area contributed by atoms with Crippen LogP contribution in [-0.2, 0) is 4.74 Å². The third kappa shape index (κ3) is 2.57. The largest absolute Gasteiger partial charge is 0.381 e. The molecule has 0 aromatic carbocycles. The molecule has 0 saturated carbocycles. The maximum absolute atomic E-state index is 6.55. The van der Waals surface area contributed by atoms with Gasteiger partial charge in [-0.05, 0) is 45.6 Å². The highest BCUT2D eigenvalue weighted by atomic mass is 79.9. The van der Waals surface area contributed by atoms with Gasteiger partial charge in [-0.15, -0.1) is 22.9 Å². The van der Waals surface area contributed by atoms with E-state index in [0.29, 0.717) is 11.8 Å². The first-order valence-corrected chi connectivity index (χ1v) is 7.25. The normalized spacial score (nSPS) is 29.0. The van der Waals surface area contributed by atoms with Crippen molar-refractivity contribution in [3.63, 3.8) is 0 Å². The smallest absolute Gasteiger partial charge is 0.0722 e. The van der Waals surface area contributed by atoms with Crippen LogP contribution < -0.4 is 0 Å². The van der Waals surface area contributed by atoms with Crippen LogP contribution in [0.2, 0.25) is 0 Å². The fourth-order valence-corrected chi connectivity index (χ4v) is 4.48. The van der Waals surface area contributed by atoms with E-state index >= 15 is 0 Å². The Morgan fingerprint density at radius 1 is 1.67 bits per heavy atom. The molecule has 1 nitrogen and oxygen atoms in total. The Balaban J connectivity index is 2.13. The molecule has 2 heterocycles. The predicted octanol–water partition coefficient (Wildman–Crippen LogP) is 4.46. The number of thiophene rings is 1. The van der Waals surface area contributed by atoms with Gasteiger partial charge in [-0.25, -0.2) is 0 Å². The van der Waals surface area contributed by atoms with E-state index in [1.165, 1.54) is 4.88 Å². The molecule has 0 bridgehead atoms. The molecule has 4 heteroatoms. The minimum absolute atomic E-state index is 0.123. The zero-order valence-electron chi connectivity index (χ0n) is 8.58. The van der Waals surface area contributed by atoms with E-state index in [0.717, 1.165) is 24.1 Å². The number of ether oxygens (including phenoxy) is 1. The van der Waals surface area contributed by atoms with E-state index < -0.39 is 0 Å². The van der Waals surface area contributed by atoms with Crippen molar-refractivity contribution in [2.45, 2.75) is 18.7 Å². The Hall–Kier alpha value is 0.430. The maximum Gasteiger partial charge on any atom is 0.0722 e. The standard InChI is InChI=1S/C11H14BrClOS/c1-7-6-14-4-2-8(7)10(13)11-9(12)3-5-15-11/h3,5,7-8,10H,2,4,6H2,1H3. The molecule has 0 spiro atoms. The van der Waals surface area contributed by atoms with E-state index in [4.69, 9.17) is 16.3 Å². The Bertz CT molecular complexity index is 328. The lowest BCUT2D eigenvalue weighted by Crippen LogP contribution is -2.28. The van der Waals surface area contributed by atoms with Crippen LogP contribution >= 0.6 is 38.9 Å². The van der Waals surface area contributed by atoms with Crippen LogP contribution in [0.15, 0.2) is 15.9 Å². The van der Waals surface area contributed by atoms with E-state index in [-0.39, 0.29) is 5.38 Å². The summed E-state index contributed by atoms with van der Waals surface area (Å²) in [7, 11) is 0. The molecule has 0 N–H and O–H groups in total. The second-order valence-electron chi connectivity index (χ2n) is 4.04. The van der Waals surface area contributed by atoms with Gasteiger partial charge >= 0.3 is 0 Å². The van der Waals surface area contributed by atoms with Gasteiger partial charge in [0.05, 0.1) is 5.38 Å². The molecule has 84 valence electrons. The first kappa shape index (κ1) is 11.9. The summed E-state index contributed by atoms with van der Waals surface area (Å²) in [4.78, 5) is 1.26. The molecule has 1 aromatic rings. The van der Waals surface area contributed by atoms with Crippen LogP contribution in [0.5, 0.6) is 0 Å². The Labute approximate surface area is 108 Å². The van der Waals surface area contributed by atoms with Crippen molar-refractivity contribution >= 4 is 38.9 Å². The monoisotopic (exact) mass is 308 g/mol. The Morgan fingerprint density at radius 2 is 2.47 bits per heavy atom. The summed E-state index contributed by atoms with van der Waals surface area (Å²) in [5.41, 5.74) is 0. The van der Waals surface area contributed by atoms with Crippen molar-refractivity contribution in [2.24, 2.45) is 11.8 Å². The number of rotatable bonds is 2. The molecule has 0 aliphatic carbocycles. The summed E-state index contributed by atoms with van der Waals surface area (Å²) in [6.07, 6.45) is 1.07. The second-order valence-corrected chi connectivity index (χ2v) is 6.31. The van der Waals surface area contributed by atoms with Crippen LogP contribution in [0.1, 0.15) is 23.6 Å². The van der Waals surface area contributed by atoms with E-state index in [9.17, 15) is 0 Å². The minimum atomic E-state index is 0.123. The van der Waals surface area contributed by atoms with Gasteiger partial charge in [0.15, 0.2) is 0 Å². The molecule has 1 aromatic heterocycles. The summed E-state index contributed by atoms with van der Waals surface area (Å²) in [5.74, 6) is 1.09. The SMILES string of the molecule is CC1COCCC1C(Cl)c1sccc1Br. The van der Waals surface area contributed by atoms with Gasteiger partial charge in [0, 0.05) is 22.6 Å². The lowest BCUT2D eigenvalue weighted by Gasteiger charge is -2.32. The number of halogens is 2. The van der Waals surface area contributed by atoms with Crippen LogP contribution in [0.25, 0.3) is 0 Å². The fraction of sp³-hybridized carbons (Fsp3) is 0.636. The minimum Gasteiger partial charge on any atom is -0.381 e.